The zero-order chi connectivity index (χ0) is 23.1. The number of hydrogen-bond donors (Lipinski definition) is 3. The Balaban J connectivity index is 1.44. The summed E-state index contributed by atoms with van der Waals surface area (Å²) in [4.78, 5) is 18.8. The average molecular weight is 462 g/mol. The number of fused-ring (bicyclic) bond motifs is 1. The normalized spacial score (nSPS) is 15.2. The Labute approximate surface area is 189 Å². The predicted molar refractivity (Wildman–Crippen MR) is 124 cm³/mol. The molecular weight excluding hydrogens is 430 g/mol. The van der Waals surface area contributed by atoms with E-state index in [0.29, 0.717) is 24.5 Å². The molecule has 1 amide bonds. The van der Waals surface area contributed by atoms with Gasteiger partial charge in [0.05, 0.1) is 12.4 Å². The Kier molecular flexibility index (Phi) is 8.19. The fourth-order valence-corrected chi connectivity index (χ4v) is 3.98. The number of sulfonamides is 1. The van der Waals surface area contributed by atoms with Crippen molar-refractivity contribution in [3.8, 4) is 0 Å². The van der Waals surface area contributed by atoms with Gasteiger partial charge in [0.25, 0.3) is 5.91 Å². The SMILES string of the molecule is CN(CCNc1cc(C(=O)NC[C@H](O)CN2CCc3ccccc3C2)ccn1)S(C)(=O)=O. The van der Waals surface area contributed by atoms with Gasteiger partial charge in [-0.2, -0.15) is 0 Å². The zero-order valence-corrected chi connectivity index (χ0v) is 19.3. The standard InChI is InChI=1S/C22H31N5O4S/c1-26(32(2,30)31)12-10-24-21-13-18(7-9-23-21)22(29)25-14-20(28)16-27-11-8-17-5-3-4-6-19(17)15-27/h3-7,9,13,20,28H,8,10-12,14-16H2,1-2H3,(H,23,24)(H,25,29)/t20-/m0/s1. The van der Waals surface area contributed by atoms with E-state index in [4.69, 9.17) is 0 Å². The van der Waals surface area contributed by atoms with Gasteiger partial charge in [-0.15, -0.1) is 0 Å². The largest absolute Gasteiger partial charge is 0.390 e. The van der Waals surface area contributed by atoms with Crippen molar-refractivity contribution in [2.75, 3.05) is 51.3 Å². The van der Waals surface area contributed by atoms with Crippen molar-refractivity contribution in [3.05, 3.63) is 59.3 Å². The first kappa shape index (κ1) is 24.1. The van der Waals surface area contributed by atoms with E-state index < -0.39 is 16.1 Å². The minimum atomic E-state index is -3.24. The highest BCUT2D eigenvalue weighted by Crippen LogP contribution is 2.18. The number of nitrogens with zero attached hydrogens (tertiary/aromatic N) is 3. The Morgan fingerprint density at radius 1 is 1.28 bits per heavy atom. The van der Waals surface area contributed by atoms with Crippen LogP contribution in [0.15, 0.2) is 42.6 Å². The van der Waals surface area contributed by atoms with Crippen LogP contribution in [0.2, 0.25) is 0 Å². The summed E-state index contributed by atoms with van der Waals surface area (Å²) in [5.74, 6) is 0.179. The lowest BCUT2D eigenvalue weighted by Crippen LogP contribution is -2.42. The maximum atomic E-state index is 12.5. The van der Waals surface area contributed by atoms with Crippen molar-refractivity contribution in [1.29, 1.82) is 0 Å². The van der Waals surface area contributed by atoms with E-state index in [2.05, 4.69) is 32.7 Å². The van der Waals surface area contributed by atoms with Crippen molar-refractivity contribution in [1.82, 2.24) is 19.5 Å². The van der Waals surface area contributed by atoms with Gasteiger partial charge in [-0.1, -0.05) is 24.3 Å². The number of rotatable bonds is 10. The number of anilines is 1. The summed E-state index contributed by atoms with van der Waals surface area (Å²) in [5.41, 5.74) is 3.06. The van der Waals surface area contributed by atoms with Gasteiger partial charge in [-0.05, 0) is 29.7 Å². The number of nitrogens with one attached hydrogen (secondary N) is 2. The van der Waals surface area contributed by atoms with Gasteiger partial charge in [0.15, 0.2) is 0 Å². The number of carbonyl (C=O) groups is 1. The second kappa shape index (κ2) is 10.9. The Hall–Kier alpha value is -2.53. The first-order valence-corrected chi connectivity index (χ1v) is 12.4. The van der Waals surface area contributed by atoms with Gasteiger partial charge in [-0.3, -0.25) is 9.69 Å². The Morgan fingerprint density at radius 2 is 2.03 bits per heavy atom. The Morgan fingerprint density at radius 3 is 2.78 bits per heavy atom. The van der Waals surface area contributed by atoms with Crippen molar-refractivity contribution < 1.29 is 18.3 Å². The van der Waals surface area contributed by atoms with Crippen LogP contribution in [0, 0.1) is 0 Å². The smallest absolute Gasteiger partial charge is 0.251 e. The van der Waals surface area contributed by atoms with Crippen LogP contribution in [0.4, 0.5) is 5.82 Å². The van der Waals surface area contributed by atoms with Gasteiger partial charge < -0.3 is 15.7 Å². The van der Waals surface area contributed by atoms with E-state index in [0.717, 1.165) is 25.8 Å². The van der Waals surface area contributed by atoms with Crippen molar-refractivity contribution in [2.45, 2.75) is 19.1 Å². The van der Waals surface area contributed by atoms with Gasteiger partial charge in [0, 0.05) is 58.1 Å². The molecule has 1 aromatic heterocycles. The molecule has 1 aliphatic heterocycles. The molecule has 1 aromatic carbocycles. The molecule has 0 saturated carbocycles. The number of aliphatic hydroxyl groups excluding tert-OH is 1. The number of likely N-dealkylation sites (N-methyl/N-ethyl adjacent to an activating group) is 1. The van der Waals surface area contributed by atoms with Crippen LogP contribution in [-0.2, 0) is 23.0 Å². The fraction of sp³-hybridized carbons (Fsp3) is 0.455. The lowest BCUT2D eigenvalue weighted by Gasteiger charge is -2.30. The lowest BCUT2D eigenvalue weighted by molar-refractivity contribution is 0.0842. The molecular formula is C22H31N5O4S. The maximum absolute atomic E-state index is 12.5. The van der Waals surface area contributed by atoms with Crippen LogP contribution >= 0.6 is 0 Å². The van der Waals surface area contributed by atoms with E-state index in [9.17, 15) is 18.3 Å². The molecule has 0 unspecified atom stereocenters. The van der Waals surface area contributed by atoms with Gasteiger partial charge in [0.2, 0.25) is 10.0 Å². The van der Waals surface area contributed by atoms with Crippen LogP contribution in [0.3, 0.4) is 0 Å². The number of aliphatic hydroxyl groups is 1. The third-order valence-electron chi connectivity index (χ3n) is 5.50. The summed E-state index contributed by atoms with van der Waals surface area (Å²) in [5, 5.41) is 16.2. The fourth-order valence-electron chi connectivity index (χ4n) is 3.56. The third kappa shape index (κ3) is 6.99. The summed E-state index contributed by atoms with van der Waals surface area (Å²) in [6, 6.07) is 11.5. The third-order valence-corrected chi connectivity index (χ3v) is 6.81. The molecule has 0 bridgehead atoms. The average Bonchev–Trinajstić information content (AvgIpc) is 2.77. The molecule has 174 valence electrons. The molecule has 0 fully saturated rings. The van der Waals surface area contributed by atoms with Crippen LogP contribution < -0.4 is 10.6 Å². The topological polar surface area (TPSA) is 115 Å². The van der Waals surface area contributed by atoms with Gasteiger partial charge in [-0.25, -0.2) is 17.7 Å². The number of hydrogen-bond acceptors (Lipinski definition) is 7. The number of β-amino-alcohol motifs (C(OH)–C–C–N with tert-alkyl or cyclic N) is 1. The molecule has 3 N–H and O–H groups in total. The molecule has 9 nitrogen and oxygen atoms in total. The summed E-state index contributed by atoms with van der Waals surface area (Å²) in [6.45, 7) is 2.97. The first-order chi connectivity index (χ1) is 15.2. The number of benzene rings is 1. The van der Waals surface area contributed by atoms with Gasteiger partial charge >= 0.3 is 0 Å². The van der Waals surface area contributed by atoms with E-state index in [1.54, 1.807) is 12.1 Å². The summed E-state index contributed by atoms with van der Waals surface area (Å²) in [6.07, 6.45) is 2.95. The summed E-state index contributed by atoms with van der Waals surface area (Å²) >= 11 is 0. The molecule has 0 spiro atoms. The Bertz CT molecular complexity index is 1030. The van der Waals surface area contributed by atoms with E-state index >= 15 is 0 Å². The van der Waals surface area contributed by atoms with E-state index in [-0.39, 0.29) is 19.0 Å². The quantitative estimate of drug-likeness (QED) is 0.473. The molecule has 32 heavy (non-hydrogen) atoms. The van der Waals surface area contributed by atoms with Crippen molar-refractivity contribution in [2.24, 2.45) is 0 Å². The number of pyridine rings is 1. The molecule has 10 heteroatoms. The van der Waals surface area contributed by atoms with Crippen LogP contribution in [0.1, 0.15) is 21.5 Å². The molecule has 0 saturated heterocycles. The number of aromatic nitrogens is 1. The monoisotopic (exact) mass is 461 g/mol. The second-order valence-electron chi connectivity index (χ2n) is 8.06. The minimum absolute atomic E-state index is 0.154. The first-order valence-electron chi connectivity index (χ1n) is 10.6. The van der Waals surface area contributed by atoms with Crippen LogP contribution in [-0.4, -0.2) is 85.8 Å². The molecule has 2 heterocycles. The molecule has 2 aromatic rings. The highest BCUT2D eigenvalue weighted by Gasteiger charge is 2.19. The van der Waals surface area contributed by atoms with E-state index in [1.165, 1.54) is 28.7 Å². The van der Waals surface area contributed by atoms with Gasteiger partial charge in [0.1, 0.15) is 5.82 Å². The molecule has 0 radical (unpaired) electrons. The zero-order valence-electron chi connectivity index (χ0n) is 18.5. The van der Waals surface area contributed by atoms with Crippen LogP contribution in [0.5, 0.6) is 0 Å². The number of amides is 1. The highest BCUT2D eigenvalue weighted by molar-refractivity contribution is 7.88. The molecule has 0 aliphatic carbocycles. The minimum Gasteiger partial charge on any atom is -0.390 e. The number of carbonyl (C=O) groups excluding carboxylic acids is 1. The summed E-state index contributed by atoms with van der Waals surface area (Å²) < 4.78 is 24.1. The molecule has 1 atom stereocenters. The summed E-state index contributed by atoms with van der Waals surface area (Å²) in [7, 11) is -1.74. The van der Waals surface area contributed by atoms with E-state index in [1.807, 2.05) is 12.1 Å². The predicted octanol–water partition coefficient (Wildman–Crippen LogP) is 0.534. The highest BCUT2D eigenvalue weighted by atomic mass is 32.2. The molecule has 1 aliphatic rings. The van der Waals surface area contributed by atoms with Crippen LogP contribution in [0.25, 0.3) is 0 Å². The molecule has 3 rings (SSSR count). The van der Waals surface area contributed by atoms with Crippen molar-refractivity contribution >= 4 is 21.7 Å². The van der Waals surface area contributed by atoms with Crippen molar-refractivity contribution in [3.63, 3.8) is 0 Å². The lowest BCUT2D eigenvalue weighted by atomic mass is 10.00. The maximum Gasteiger partial charge on any atom is 0.251 e. The second-order valence-corrected chi connectivity index (χ2v) is 10.1.